The maximum atomic E-state index is 5.95. The Bertz CT molecular complexity index is 481. The van der Waals surface area contributed by atoms with Crippen LogP contribution in [0.5, 0.6) is 5.75 Å². The Morgan fingerprint density at radius 1 is 1.08 bits per heavy atom. The third kappa shape index (κ3) is 7.17. The van der Waals surface area contributed by atoms with E-state index < -0.39 is 0 Å². The second-order valence-corrected chi connectivity index (χ2v) is 10.3. The van der Waals surface area contributed by atoms with Crippen molar-refractivity contribution in [2.75, 3.05) is 20.5 Å². The Balaban J connectivity index is 3.12. The molecule has 4 heteroatoms. The van der Waals surface area contributed by atoms with Gasteiger partial charge in [0.25, 0.3) is 0 Å². The molecule has 0 heterocycles. The summed E-state index contributed by atoms with van der Waals surface area (Å²) in [5.41, 5.74) is 1.44. The van der Waals surface area contributed by atoms with Gasteiger partial charge in [0, 0.05) is 0 Å². The van der Waals surface area contributed by atoms with E-state index in [2.05, 4.69) is 45.2 Å². The second kappa shape index (κ2) is 13.1. The normalized spacial score (nSPS) is 15.0. The molecule has 0 N–H and O–H groups in total. The zero-order valence-corrected chi connectivity index (χ0v) is 19.4. The van der Waals surface area contributed by atoms with Gasteiger partial charge in [-0.1, -0.05) is 0 Å². The summed E-state index contributed by atoms with van der Waals surface area (Å²) in [4.78, 5) is 0.619. The fraction of sp³-hybridized carbons (Fsp3) is 0.714. The van der Waals surface area contributed by atoms with Crippen LogP contribution in [0.3, 0.4) is 0 Å². The predicted molar refractivity (Wildman–Crippen MR) is 114 cm³/mol. The number of hydrogen-bond donors (Lipinski definition) is 0. The summed E-state index contributed by atoms with van der Waals surface area (Å²) in [5.74, 6) is 1.06. The second-order valence-electron chi connectivity index (χ2n) is 6.47. The Morgan fingerprint density at radius 2 is 1.76 bits per heavy atom. The van der Waals surface area contributed by atoms with Crippen molar-refractivity contribution in [2.45, 2.75) is 75.5 Å². The average Bonchev–Trinajstić information content (AvgIpc) is 2.65. The molecule has 0 amide bonds. The quantitative estimate of drug-likeness (QED) is 0.377. The minimum atomic E-state index is 0.357. The third-order valence-electron chi connectivity index (χ3n) is 4.69. The summed E-state index contributed by atoms with van der Waals surface area (Å²) in [5, 5.41) is 0.496. The number of hydrogen-bond acceptors (Lipinski definition) is 3. The molecule has 2 nitrogen and oxygen atoms in total. The first-order valence-corrected chi connectivity index (χ1v) is 12.6. The van der Waals surface area contributed by atoms with Crippen molar-refractivity contribution in [3.8, 4) is 5.75 Å². The zero-order chi connectivity index (χ0) is 18.7. The first-order chi connectivity index (χ1) is 12.1. The average molecular weight is 432 g/mol. The molecule has 0 fully saturated rings. The molecule has 0 saturated carbocycles. The van der Waals surface area contributed by atoms with E-state index in [1.54, 1.807) is 7.11 Å². The molecular formula is C21H36O2SSe. The Morgan fingerprint density at radius 3 is 2.32 bits per heavy atom. The fourth-order valence-electron chi connectivity index (χ4n) is 3.00. The molecule has 144 valence electrons. The van der Waals surface area contributed by atoms with Crippen molar-refractivity contribution in [2.24, 2.45) is 0 Å². The topological polar surface area (TPSA) is 18.5 Å². The van der Waals surface area contributed by atoms with Crippen LogP contribution in [-0.4, -0.2) is 41.5 Å². The van der Waals surface area contributed by atoms with E-state index in [9.17, 15) is 0 Å². The van der Waals surface area contributed by atoms with Crippen molar-refractivity contribution in [1.29, 1.82) is 0 Å². The van der Waals surface area contributed by atoms with Crippen LogP contribution in [-0.2, 0) is 4.74 Å². The molecule has 0 radical (unpaired) electrons. The molecular weight excluding hydrogens is 395 g/mol. The molecule has 0 spiro atoms. The number of rotatable bonds is 13. The van der Waals surface area contributed by atoms with Crippen LogP contribution >= 0.6 is 11.8 Å². The van der Waals surface area contributed by atoms with Crippen LogP contribution in [0.1, 0.15) is 70.1 Å². The summed E-state index contributed by atoms with van der Waals surface area (Å²) < 4.78 is 13.1. The zero-order valence-electron chi connectivity index (χ0n) is 16.8. The van der Waals surface area contributed by atoms with Gasteiger partial charge in [0.2, 0.25) is 0 Å². The van der Waals surface area contributed by atoms with E-state index in [-0.39, 0.29) is 0 Å². The number of benzene rings is 1. The summed E-state index contributed by atoms with van der Waals surface area (Å²) in [7, 11) is 3.69. The number of thioether (sulfide) groups is 1. The van der Waals surface area contributed by atoms with Gasteiger partial charge in [-0.15, -0.1) is 0 Å². The van der Waals surface area contributed by atoms with Crippen LogP contribution in [0, 0.1) is 0 Å². The monoisotopic (exact) mass is 432 g/mol. The molecule has 0 aromatic heterocycles. The van der Waals surface area contributed by atoms with Crippen LogP contribution in [0.25, 0.3) is 0 Å². The van der Waals surface area contributed by atoms with Gasteiger partial charge in [0.15, 0.2) is 0 Å². The van der Waals surface area contributed by atoms with Crippen molar-refractivity contribution < 1.29 is 9.47 Å². The standard InChI is InChI=1S/C21H36O2SSe/c1-7-9-13-18(22-4)20(15-10-8-2)25-21-17(16(3)24-6)12-11-14-19(21)23-5/h11-12,14,16,18,20H,7-10,13,15H2,1-6H3/t16-,18?,20?/m0/s1. The van der Waals surface area contributed by atoms with E-state index in [4.69, 9.17) is 9.47 Å². The fourth-order valence-corrected chi connectivity index (χ4v) is 7.05. The van der Waals surface area contributed by atoms with Crippen molar-refractivity contribution in [3.63, 3.8) is 0 Å². The van der Waals surface area contributed by atoms with Crippen LogP contribution in [0.15, 0.2) is 18.2 Å². The predicted octanol–water partition coefficient (Wildman–Crippen LogP) is 5.63. The summed E-state index contributed by atoms with van der Waals surface area (Å²) in [6, 6.07) is 6.54. The first-order valence-electron chi connectivity index (χ1n) is 9.51. The van der Waals surface area contributed by atoms with Gasteiger partial charge in [-0.25, -0.2) is 0 Å². The van der Waals surface area contributed by atoms with Gasteiger partial charge in [-0.2, -0.15) is 0 Å². The number of methoxy groups -OCH3 is 2. The molecule has 0 bridgehead atoms. The Labute approximate surface area is 166 Å². The van der Waals surface area contributed by atoms with Crippen molar-refractivity contribution in [3.05, 3.63) is 23.8 Å². The third-order valence-corrected chi connectivity index (χ3v) is 8.83. The van der Waals surface area contributed by atoms with E-state index in [0.29, 0.717) is 31.1 Å². The van der Waals surface area contributed by atoms with Gasteiger partial charge in [-0.05, 0) is 0 Å². The van der Waals surface area contributed by atoms with Crippen LogP contribution < -0.4 is 9.20 Å². The van der Waals surface area contributed by atoms with Crippen molar-refractivity contribution >= 4 is 31.2 Å². The van der Waals surface area contributed by atoms with Crippen LogP contribution in [0.2, 0.25) is 4.82 Å². The number of unbranched alkanes of at least 4 members (excludes halogenated alkanes) is 2. The molecule has 0 aliphatic carbocycles. The molecule has 2 unspecified atom stereocenters. The molecule has 1 rings (SSSR count). The molecule has 0 saturated heterocycles. The van der Waals surface area contributed by atoms with Gasteiger partial charge < -0.3 is 0 Å². The molecule has 1 aromatic carbocycles. The molecule has 3 atom stereocenters. The Hall–Kier alpha value is -0.151. The van der Waals surface area contributed by atoms with Crippen molar-refractivity contribution in [1.82, 2.24) is 0 Å². The van der Waals surface area contributed by atoms with E-state index in [1.165, 1.54) is 48.6 Å². The van der Waals surface area contributed by atoms with Gasteiger partial charge in [0.1, 0.15) is 0 Å². The number of ether oxygens (including phenoxy) is 2. The van der Waals surface area contributed by atoms with Gasteiger partial charge in [-0.3, -0.25) is 0 Å². The van der Waals surface area contributed by atoms with E-state index >= 15 is 0 Å². The summed E-state index contributed by atoms with van der Waals surface area (Å²) in [6.07, 6.45) is 9.99. The molecule has 0 aliphatic heterocycles. The minimum absolute atomic E-state index is 0.357. The summed E-state index contributed by atoms with van der Waals surface area (Å²) in [6.45, 7) is 6.84. The molecule has 1 aromatic rings. The van der Waals surface area contributed by atoms with E-state index in [0.717, 1.165) is 5.75 Å². The molecule has 25 heavy (non-hydrogen) atoms. The SMILES string of the molecule is CCCCC(OC)C(CCCC)[Se]c1c(OC)cccc1[C@H](C)SC. The summed E-state index contributed by atoms with van der Waals surface area (Å²) >= 11 is 2.26. The van der Waals surface area contributed by atoms with Crippen LogP contribution in [0.4, 0.5) is 0 Å². The van der Waals surface area contributed by atoms with Gasteiger partial charge in [0.05, 0.1) is 0 Å². The first kappa shape index (κ1) is 22.9. The Kier molecular flexibility index (Phi) is 12.0. The van der Waals surface area contributed by atoms with Gasteiger partial charge >= 0.3 is 166 Å². The maximum absolute atomic E-state index is 5.95. The van der Waals surface area contributed by atoms with E-state index in [1.807, 2.05) is 18.9 Å². The molecule has 0 aliphatic rings.